The molecule has 3 N–H and O–H groups in total. The number of rotatable bonds is 3. The predicted octanol–water partition coefficient (Wildman–Crippen LogP) is 0.649. The topological polar surface area (TPSA) is 46.2 Å². The van der Waals surface area contributed by atoms with E-state index in [4.69, 9.17) is 10.8 Å². The lowest BCUT2D eigenvalue weighted by Gasteiger charge is -2.13. The molecule has 0 fully saturated rings. The molecule has 0 aliphatic heterocycles. The standard InChI is InChI=1S/C5H10F3NO/c6-5(7,8)4(9)2-1-3-10/h4,10H,1-3,9H2/t4-/m1/s1. The maximum Gasteiger partial charge on any atom is 0.403 e. The molecular formula is C5H10F3NO. The fraction of sp³-hybridized carbons (Fsp3) is 1.00. The summed E-state index contributed by atoms with van der Waals surface area (Å²) in [4.78, 5) is 0. The summed E-state index contributed by atoms with van der Waals surface area (Å²) in [7, 11) is 0. The highest BCUT2D eigenvalue weighted by atomic mass is 19.4. The molecule has 0 saturated heterocycles. The van der Waals surface area contributed by atoms with E-state index in [-0.39, 0.29) is 19.4 Å². The van der Waals surface area contributed by atoms with E-state index in [1.165, 1.54) is 0 Å². The number of alkyl halides is 3. The van der Waals surface area contributed by atoms with Gasteiger partial charge in [-0.15, -0.1) is 0 Å². The highest BCUT2D eigenvalue weighted by Crippen LogP contribution is 2.20. The minimum Gasteiger partial charge on any atom is -0.396 e. The molecule has 0 unspecified atom stereocenters. The smallest absolute Gasteiger partial charge is 0.396 e. The van der Waals surface area contributed by atoms with Gasteiger partial charge >= 0.3 is 6.18 Å². The van der Waals surface area contributed by atoms with Gasteiger partial charge in [0.25, 0.3) is 0 Å². The van der Waals surface area contributed by atoms with Gasteiger partial charge in [0.15, 0.2) is 0 Å². The molecule has 0 aromatic heterocycles. The van der Waals surface area contributed by atoms with Crippen LogP contribution in [-0.2, 0) is 0 Å². The molecule has 0 aliphatic carbocycles. The second kappa shape index (κ2) is 3.78. The molecule has 1 atom stereocenters. The number of nitrogens with two attached hydrogens (primary N) is 1. The maximum absolute atomic E-state index is 11.6. The van der Waals surface area contributed by atoms with E-state index in [9.17, 15) is 13.2 Å². The van der Waals surface area contributed by atoms with Gasteiger partial charge in [0.05, 0.1) is 0 Å². The molecule has 0 heterocycles. The first-order valence-corrected chi connectivity index (χ1v) is 2.91. The summed E-state index contributed by atoms with van der Waals surface area (Å²) >= 11 is 0. The lowest BCUT2D eigenvalue weighted by Crippen LogP contribution is -2.37. The van der Waals surface area contributed by atoms with Crippen molar-refractivity contribution in [3.05, 3.63) is 0 Å². The number of aliphatic hydroxyl groups is 1. The molecule has 0 aromatic rings. The third kappa shape index (κ3) is 3.68. The van der Waals surface area contributed by atoms with Crippen LogP contribution in [0.25, 0.3) is 0 Å². The van der Waals surface area contributed by atoms with E-state index < -0.39 is 12.2 Å². The number of hydrogen-bond acceptors (Lipinski definition) is 2. The van der Waals surface area contributed by atoms with Crippen molar-refractivity contribution in [2.75, 3.05) is 6.61 Å². The Balaban J connectivity index is 3.52. The van der Waals surface area contributed by atoms with Gasteiger partial charge in [0, 0.05) is 6.61 Å². The third-order valence-corrected chi connectivity index (χ3v) is 1.09. The molecule has 0 rings (SSSR count). The molecule has 0 radical (unpaired) electrons. The average Bonchev–Trinajstić information content (AvgIpc) is 1.80. The number of hydrogen-bond donors (Lipinski definition) is 2. The zero-order chi connectivity index (χ0) is 8.20. The number of aliphatic hydroxyl groups excluding tert-OH is 1. The molecule has 0 amide bonds. The van der Waals surface area contributed by atoms with Crippen LogP contribution < -0.4 is 5.73 Å². The summed E-state index contributed by atoms with van der Waals surface area (Å²) in [6.07, 6.45) is -4.43. The summed E-state index contributed by atoms with van der Waals surface area (Å²) in [5.41, 5.74) is 4.70. The lowest BCUT2D eigenvalue weighted by atomic mass is 10.2. The van der Waals surface area contributed by atoms with Crippen LogP contribution in [0, 0.1) is 0 Å². The molecule has 5 heteroatoms. The van der Waals surface area contributed by atoms with Gasteiger partial charge in [-0.3, -0.25) is 0 Å². The van der Waals surface area contributed by atoms with Crippen LogP contribution in [0.15, 0.2) is 0 Å². The average molecular weight is 157 g/mol. The molecule has 10 heavy (non-hydrogen) atoms. The number of halogens is 3. The molecule has 0 spiro atoms. The second-order valence-corrected chi connectivity index (χ2v) is 2.01. The molecule has 2 nitrogen and oxygen atoms in total. The van der Waals surface area contributed by atoms with Crippen LogP contribution in [0.3, 0.4) is 0 Å². The van der Waals surface area contributed by atoms with Crippen molar-refractivity contribution in [2.45, 2.75) is 25.1 Å². The van der Waals surface area contributed by atoms with Crippen LogP contribution in [0.2, 0.25) is 0 Å². The summed E-state index contributed by atoms with van der Waals surface area (Å²) in [5.74, 6) is 0. The normalized spacial score (nSPS) is 15.3. The van der Waals surface area contributed by atoms with E-state index in [1.54, 1.807) is 0 Å². The predicted molar refractivity (Wildman–Crippen MR) is 30.4 cm³/mol. The van der Waals surface area contributed by atoms with Gasteiger partial charge in [0.2, 0.25) is 0 Å². The zero-order valence-electron chi connectivity index (χ0n) is 5.36. The second-order valence-electron chi connectivity index (χ2n) is 2.01. The monoisotopic (exact) mass is 157 g/mol. The summed E-state index contributed by atoms with van der Waals surface area (Å²) in [6.45, 7) is -0.246. The van der Waals surface area contributed by atoms with Crippen molar-refractivity contribution in [3.63, 3.8) is 0 Å². The summed E-state index contributed by atoms with van der Waals surface area (Å²) in [6, 6.07) is -1.79. The van der Waals surface area contributed by atoms with Crippen LogP contribution in [-0.4, -0.2) is 23.9 Å². The van der Waals surface area contributed by atoms with Gasteiger partial charge in [0.1, 0.15) is 6.04 Å². The Morgan fingerprint density at radius 2 is 1.90 bits per heavy atom. The van der Waals surface area contributed by atoms with Crippen LogP contribution in [0.4, 0.5) is 13.2 Å². The Labute approximate surface area is 56.8 Å². The highest BCUT2D eigenvalue weighted by Gasteiger charge is 2.35. The molecule has 0 bridgehead atoms. The first-order valence-electron chi connectivity index (χ1n) is 2.91. The Hall–Kier alpha value is -0.290. The van der Waals surface area contributed by atoms with Crippen molar-refractivity contribution < 1.29 is 18.3 Å². The van der Waals surface area contributed by atoms with Crippen molar-refractivity contribution in [1.29, 1.82) is 0 Å². The van der Waals surface area contributed by atoms with Gasteiger partial charge < -0.3 is 10.8 Å². The quantitative estimate of drug-likeness (QED) is 0.631. The van der Waals surface area contributed by atoms with Crippen molar-refractivity contribution in [1.82, 2.24) is 0 Å². The van der Waals surface area contributed by atoms with Gasteiger partial charge in [-0.25, -0.2) is 0 Å². The Morgan fingerprint density at radius 3 is 2.20 bits per heavy atom. The molecule has 0 aromatic carbocycles. The molecule has 0 aliphatic rings. The SMILES string of the molecule is N[C@H](CCCO)C(F)(F)F. The van der Waals surface area contributed by atoms with Crippen LogP contribution in [0.1, 0.15) is 12.8 Å². The fourth-order valence-corrected chi connectivity index (χ4v) is 0.475. The van der Waals surface area contributed by atoms with Crippen molar-refractivity contribution in [3.8, 4) is 0 Å². The Morgan fingerprint density at radius 1 is 1.40 bits per heavy atom. The van der Waals surface area contributed by atoms with Gasteiger partial charge in [-0.2, -0.15) is 13.2 Å². The molecular weight excluding hydrogens is 147 g/mol. The van der Waals surface area contributed by atoms with E-state index in [1.807, 2.05) is 0 Å². The van der Waals surface area contributed by atoms with E-state index in [0.717, 1.165) is 0 Å². The fourth-order valence-electron chi connectivity index (χ4n) is 0.475. The Kier molecular flexibility index (Phi) is 3.67. The minimum absolute atomic E-state index is 0.0979. The van der Waals surface area contributed by atoms with Gasteiger partial charge in [-0.05, 0) is 12.8 Å². The van der Waals surface area contributed by atoms with E-state index in [0.29, 0.717) is 0 Å². The Bertz CT molecular complexity index is 93.4. The molecule has 62 valence electrons. The third-order valence-electron chi connectivity index (χ3n) is 1.09. The lowest BCUT2D eigenvalue weighted by molar-refractivity contribution is -0.149. The van der Waals surface area contributed by atoms with Gasteiger partial charge in [-0.1, -0.05) is 0 Å². The zero-order valence-corrected chi connectivity index (χ0v) is 5.36. The molecule has 0 saturated carbocycles. The maximum atomic E-state index is 11.6. The van der Waals surface area contributed by atoms with Crippen molar-refractivity contribution >= 4 is 0 Å². The largest absolute Gasteiger partial charge is 0.403 e. The van der Waals surface area contributed by atoms with E-state index in [2.05, 4.69) is 0 Å². The highest BCUT2D eigenvalue weighted by molar-refractivity contribution is 4.69. The first kappa shape index (κ1) is 9.71. The van der Waals surface area contributed by atoms with E-state index >= 15 is 0 Å². The van der Waals surface area contributed by atoms with Crippen LogP contribution in [0.5, 0.6) is 0 Å². The summed E-state index contributed by atoms with van der Waals surface area (Å²) < 4.78 is 34.7. The minimum atomic E-state index is -4.32. The van der Waals surface area contributed by atoms with Crippen LogP contribution >= 0.6 is 0 Å². The van der Waals surface area contributed by atoms with Crippen molar-refractivity contribution in [2.24, 2.45) is 5.73 Å². The first-order chi connectivity index (χ1) is 4.48. The summed E-state index contributed by atoms with van der Waals surface area (Å²) in [5, 5.41) is 8.16.